The van der Waals surface area contributed by atoms with Gasteiger partial charge in [-0.1, -0.05) is 32.9 Å². The highest BCUT2D eigenvalue weighted by molar-refractivity contribution is 5.46. The van der Waals surface area contributed by atoms with Crippen LogP contribution in [0.4, 0.5) is 5.69 Å². The van der Waals surface area contributed by atoms with E-state index in [0.717, 1.165) is 5.92 Å². The number of hydrogen-bond donors (Lipinski definition) is 1. The Labute approximate surface area is 99.3 Å². The first-order chi connectivity index (χ1) is 7.65. The van der Waals surface area contributed by atoms with Crippen LogP contribution in [0.3, 0.4) is 0 Å². The Balaban J connectivity index is 1.95. The third kappa shape index (κ3) is 2.78. The van der Waals surface area contributed by atoms with Crippen LogP contribution in [0, 0.1) is 5.92 Å². The maximum atomic E-state index is 3.64. The molecule has 16 heavy (non-hydrogen) atoms. The molecule has 0 bridgehead atoms. The Hall–Kier alpha value is -0.980. The van der Waals surface area contributed by atoms with Crippen molar-refractivity contribution in [2.24, 2.45) is 5.92 Å². The van der Waals surface area contributed by atoms with E-state index in [0.29, 0.717) is 12.0 Å². The van der Waals surface area contributed by atoms with Gasteiger partial charge in [-0.15, -0.1) is 0 Å². The predicted octanol–water partition coefficient (Wildman–Crippen LogP) is 4.41. The first-order valence-corrected chi connectivity index (χ1v) is 6.51. The minimum Gasteiger partial charge on any atom is -0.382 e. The molecule has 0 saturated heterocycles. The molecule has 1 aliphatic rings. The lowest BCUT2D eigenvalue weighted by Gasteiger charge is -2.15. The highest BCUT2D eigenvalue weighted by Crippen LogP contribution is 2.27. The van der Waals surface area contributed by atoms with Crippen LogP contribution >= 0.6 is 0 Å². The minimum atomic E-state index is 0.626. The van der Waals surface area contributed by atoms with E-state index in [4.69, 9.17) is 0 Å². The lowest BCUT2D eigenvalue weighted by atomic mass is 10.0. The molecule has 2 atom stereocenters. The first-order valence-electron chi connectivity index (χ1n) is 6.51. The highest BCUT2D eigenvalue weighted by Gasteiger charge is 2.20. The van der Waals surface area contributed by atoms with Crippen molar-refractivity contribution in [3.05, 3.63) is 29.8 Å². The second-order valence-corrected chi connectivity index (χ2v) is 5.54. The fraction of sp³-hybridized carbons (Fsp3) is 0.600. The number of anilines is 1. The van der Waals surface area contributed by atoms with Crippen molar-refractivity contribution in [3.8, 4) is 0 Å². The first kappa shape index (κ1) is 11.5. The summed E-state index contributed by atoms with van der Waals surface area (Å²) in [5.41, 5.74) is 2.70. The molecule has 1 aliphatic carbocycles. The Morgan fingerprint density at radius 3 is 2.31 bits per heavy atom. The molecule has 0 spiro atoms. The van der Waals surface area contributed by atoms with E-state index in [-0.39, 0.29) is 0 Å². The Morgan fingerprint density at radius 2 is 1.81 bits per heavy atom. The van der Waals surface area contributed by atoms with Crippen molar-refractivity contribution in [3.63, 3.8) is 0 Å². The average Bonchev–Trinajstić information content (AvgIpc) is 2.65. The largest absolute Gasteiger partial charge is 0.382 e. The molecule has 0 amide bonds. The highest BCUT2D eigenvalue weighted by atomic mass is 14.9. The Kier molecular flexibility index (Phi) is 3.52. The summed E-state index contributed by atoms with van der Waals surface area (Å²) < 4.78 is 0. The van der Waals surface area contributed by atoms with Crippen molar-refractivity contribution >= 4 is 5.69 Å². The van der Waals surface area contributed by atoms with Crippen LogP contribution in [-0.2, 0) is 0 Å². The van der Waals surface area contributed by atoms with E-state index in [9.17, 15) is 0 Å². The summed E-state index contributed by atoms with van der Waals surface area (Å²) in [6.45, 7) is 6.83. The molecule has 1 saturated carbocycles. The molecule has 88 valence electrons. The molecule has 0 radical (unpaired) electrons. The third-order valence-electron chi connectivity index (χ3n) is 3.64. The molecular weight excluding hydrogens is 194 g/mol. The number of nitrogens with one attached hydrogen (secondary N) is 1. The topological polar surface area (TPSA) is 12.0 Å². The van der Waals surface area contributed by atoms with Crippen LogP contribution in [0.5, 0.6) is 0 Å². The Bertz CT molecular complexity index is 326. The molecule has 0 aromatic heterocycles. The maximum Gasteiger partial charge on any atom is 0.0342 e. The molecule has 1 N–H and O–H groups in total. The van der Waals surface area contributed by atoms with Gasteiger partial charge in [0, 0.05) is 11.7 Å². The molecule has 1 fully saturated rings. The van der Waals surface area contributed by atoms with Crippen LogP contribution in [0.2, 0.25) is 0 Å². The molecule has 1 aromatic carbocycles. The maximum absolute atomic E-state index is 3.64. The lowest BCUT2D eigenvalue weighted by Crippen LogP contribution is -2.15. The van der Waals surface area contributed by atoms with E-state index in [1.54, 1.807) is 0 Å². The molecule has 1 aromatic rings. The molecule has 0 aliphatic heterocycles. The van der Waals surface area contributed by atoms with Crippen LogP contribution in [0.25, 0.3) is 0 Å². The second kappa shape index (κ2) is 4.90. The standard InChI is InChI=1S/C15H23N/c1-11(2)13-5-8-14(9-6-13)16-15-7-4-12(3)10-15/h5-6,8-9,11-12,15-16H,4,7,10H2,1-3H3. The molecule has 1 heteroatoms. The zero-order chi connectivity index (χ0) is 11.5. The van der Waals surface area contributed by atoms with Crippen molar-refractivity contribution in [1.82, 2.24) is 0 Å². The average molecular weight is 217 g/mol. The summed E-state index contributed by atoms with van der Waals surface area (Å²) in [5.74, 6) is 1.52. The van der Waals surface area contributed by atoms with Crippen LogP contribution in [-0.4, -0.2) is 6.04 Å². The fourth-order valence-corrected chi connectivity index (χ4v) is 2.54. The smallest absolute Gasteiger partial charge is 0.0342 e. The van der Waals surface area contributed by atoms with Gasteiger partial charge in [-0.05, 0) is 48.8 Å². The third-order valence-corrected chi connectivity index (χ3v) is 3.64. The summed E-state index contributed by atoms with van der Waals surface area (Å²) in [7, 11) is 0. The van der Waals surface area contributed by atoms with Gasteiger partial charge < -0.3 is 5.32 Å². The molecule has 0 heterocycles. The van der Waals surface area contributed by atoms with Gasteiger partial charge in [-0.25, -0.2) is 0 Å². The van der Waals surface area contributed by atoms with E-state index >= 15 is 0 Å². The van der Waals surface area contributed by atoms with Crippen LogP contribution < -0.4 is 5.32 Å². The lowest BCUT2D eigenvalue weighted by molar-refractivity contribution is 0.602. The normalized spacial score (nSPS) is 25.0. The number of rotatable bonds is 3. The number of hydrogen-bond acceptors (Lipinski definition) is 1. The van der Waals surface area contributed by atoms with Crippen LogP contribution in [0.15, 0.2) is 24.3 Å². The summed E-state index contributed by atoms with van der Waals surface area (Å²) in [6, 6.07) is 9.62. The van der Waals surface area contributed by atoms with Gasteiger partial charge in [0.15, 0.2) is 0 Å². The van der Waals surface area contributed by atoms with Gasteiger partial charge in [-0.3, -0.25) is 0 Å². The Morgan fingerprint density at radius 1 is 1.12 bits per heavy atom. The van der Waals surface area contributed by atoms with Crippen molar-refractivity contribution < 1.29 is 0 Å². The van der Waals surface area contributed by atoms with Gasteiger partial charge in [0.2, 0.25) is 0 Å². The van der Waals surface area contributed by atoms with Crippen LogP contribution in [0.1, 0.15) is 51.5 Å². The SMILES string of the molecule is CC1CCC(Nc2ccc(C(C)C)cc2)C1. The zero-order valence-corrected chi connectivity index (χ0v) is 10.7. The van der Waals surface area contributed by atoms with Crippen molar-refractivity contribution in [2.45, 2.75) is 52.0 Å². The summed E-state index contributed by atoms with van der Waals surface area (Å²) in [6.07, 6.45) is 4.03. The van der Waals surface area contributed by atoms with Crippen molar-refractivity contribution in [2.75, 3.05) is 5.32 Å². The van der Waals surface area contributed by atoms with E-state index < -0.39 is 0 Å². The zero-order valence-electron chi connectivity index (χ0n) is 10.7. The van der Waals surface area contributed by atoms with Gasteiger partial charge in [0.25, 0.3) is 0 Å². The van der Waals surface area contributed by atoms with E-state index in [1.807, 2.05) is 0 Å². The van der Waals surface area contributed by atoms with Gasteiger partial charge >= 0.3 is 0 Å². The van der Waals surface area contributed by atoms with Gasteiger partial charge in [-0.2, -0.15) is 0 Å². The molecule has 1 nitrogen and oxygen atoms in total. The molecule has 2 rings (SSSR count). The van der Waals surface area contributed by atoms with Gasteiger partial charge in [0.05, 0.1) is 0 Å². The van der Waals surface area contributed by atoms with Gasteiger partial charge in [0.1, 0.15) is 0 Å². The predicted molar refractivity (Wildman–Crippen MR) is 71.0 cm³/mol. The monoisotopic (exact) mass is 217 g/mol. The minimum absolute atomic E-state index is 0.626. The number of benzene rings is 1. The fourth-order valence-electron chi connectivity index (χ4n) is 2.54. The van der Waals surface area contributed by atoms with Crippen molar-refractivity contribution in [1.29, 1.82) is 0 Å². The summed E-state index contributed by atoms with van der Waals surface area (Å²) in [5, 5.41) is 3.64. The summed E-state index contributed by atoms with van der Waals surface area (Å²) >= 11 is 0. The van der Waals surface area contributed by atoms with E-state index in [2.05, 4.69) is 50.4 Å². The van der Waals surface area contributed by atoms with E-state index in [1.165, 1.54) is 30.5 Å². The molecular formula is C15H23N. The summed E-state index contributed by atoms with van der Waals surface area (Å²) in [4.78, 5) is 0. The quantitative estimate of drug-likeness (QED) is 0.790. The second-order valence-electron chi connectivity index (χ2n) is 5.54. The molecule has 2 unspecified atom stereocenters.